The number of benzene rings is 3. The summed E-state index contributed by atoms with van der Waals surface area (Å²) in [5.41, 5.74) is 9.55. The maximum absolute atomic E-state index is 12.6. The smallest absolute Gasteiger partial charge is 0.251 e. The molecule has 7 aromatic rings. The molecule has 2 fully saturated rings. The number of nitrogens with zero attached hydrogens (tertiary/aromatic N) is 6. The Bertz CT molecular complexity index is 2960. The number of hydrogen-bond donors (Lipinski definition) is 7. The molecule has 0 radical (unpaired) electrons. The number of aryl methyl sites for hydroxylation is 2. The molecular weight excluding hydrogens is 899 g/mol. The van der Waals surface area contributed by atoms with Gasteiger partial charge in [-0.25, -0.2) is 19.0 Å². The topological polar surface area (TPSA) is 195 Å². The van der Waals surface area contributed by atoms with E-state index in [9.17, 15) is 19.8 Å². The Morgan fingerprint density at radius 1 is 0.727 bits per heavy atom. The lowest BCUT2D eigenvalue weighted by molar-refractivity contribution is 0.0939. The van der Waals surface area contributed by atoms with Crippen molar-refractivity contribution in [1.29, 1.82) is 0 Å². The SMILES string of the molecule is C=Cc1cccc(Nc2cc(NCC(C)(C)O)c3ncc(-c4ccc(C(=O)NC5CC5)c(C)c4)n3n2)c1.Cc1cc(-c2cnc3c(NCC(C)(C)O)cc(Br)nn23)ccc1C(=O)NC1CC1. The van der Waals surface area contributed by atoms with E-state index in [0.717, 1.165) is 82.0 Å². The van der Waals surface area contributed by atoms with Gasteiger partial charge >= 0.3 is 0 Å². The van der Waals surface area contributed by atoms with E-state index in [4.69, 9.17) is 5.10 Å². The van der Waals surface area contributed by atoms with E-state index in [1.165, 1.54) is 0 Å². The Morgan fingerprint density at radius 3 is 1.70 bits per heavy atom. The number of aromatic nitrogens is 6. The average molecular weight is 955 g/mol. The van der Waals surface area contributed by atoms with Crippen LogP contribution >= 0.6 is 15.9 Å². The monoisotopic (exact) mass is 953 g/mol. The van der Waals surface area contributed by atoms with Crippen molar-refractivity contribution in [3.05, 3.63) is 124 Å². The number of hydrogen-bond acceptors (Lipinski definition) is 11. The van der Waals surface area contributed by atoms with Crippen LogP contribution in [0.15, 0.2) is 96.4 Å². The molecule has 4 heterocycles. The third-order valence-electron chi connectivity index (χ3n) is 11.1. The number of imidazole rings is 2. The number of aliphatic hydroxyl groups is 2. The van der Waals surface area contributed by atoms with Crippen molar-refractivity contribution in [3.63, 3.8) is 0 Å². The number of carbonyl (C=O) groups excluding carboxylic acids is 2. The quantitative estimate of drug-likeness (QED) is 0.0520. The van der Waals surface area contributed by atoms with E-state index in [1.807, 2.05) is 86.6 Å². The molecule has 2 aliphatic rings. The molecule has 3 aromatic carbocycles. The van der Waals surface area contributed by atoms with Crippen molar-refractivity contribution in [3.8, 4) is 22.5 Å². The first kappa shape index (κ1) is 45.9. The Kier molecular flexibility index (Phi) is 13.0. The summed E-state index contributed by atoms with van der Waals surface area (Å²) >= 11 is 3.45. The fourth-order valence-electron chi connectivity index (χ4n) is 7.27. The highest BCUT2D eigenvalue weighted by atomic mass is 79.9. The van der Waals surface area contributed by atoms with Crippen LogP contribution in [0.1, 0.15) is 90.8 Å². The van der Waals surface area contributed by atoms with Crippen molar-refractivity contribution in [1.82, 2.24) is 39.8 Å². The van der Waals surface area contributed by atoms with E-state index in [2.05, 4.69) is 64.2 Å². The van der Waals surface area contributed by atoms with E-state index < -0.39 is 11.2 Å². The number of rotatable bonds is 15. The Balaban J connectivity index is 0.000000185. The maximum atomic E-state index is 12.6. The lowest BCUT2D eigenvalue weighted by Gasteiger charge is -2.19. The summed E-state index contributed by atoms with van der Waals surface area (Å²) < 4.78 is 4.19. The number of nitrogens with one attached hydrogen (secondary N) is 5. The highest BCUT2D eigenvalue weighted by molar-refractivity contribution is 9.10. The summed E-state index contributed by atoms with van der Waals surface area (Å²) in [7, 11) is 0. The van der Waals surface area contributed by atoms with Gasteiger partial charge < -0.3 is 36.8 Å². The van der Waals surface area contributed by atoms with Gasteiger partial charge in [0.05, 0.1) is 46.4 Å². The Labute approximate surface area is 392 Å². The fourth-order valence-corrected chi connectivity index (χ4v) is 7.66. The molecule has 7 N–H and O–H groups in total. The van der Waals surface area contributed by atoms with Gasteiger partial charge in [0.1, 0.15) is 4.60 Å². The number of amides is 2. The van der Waals surface area contributed by atoms with Crippen LogP contribution in [-0.4, -0.2) is 87.6 Å². The Morgan fingerprint density at radius 2 is 1.23 bits per heavy atom. The van der Waals surface area contributed by atoms with Crippen LogP contribution in [0.3, 0.4) is 0 Å². The van der Waals surface area contributed by atoms with Gasteiger partial charge in [-0.3, -0.25) is 9.59 Å². The van der Waals surface area contributed by atoms with Crippen LogP contribution in [0.4, 0.5) is 22.9 Å². The van der Waals surface area contributed by atoms with Crippen molar-refractivity contribution in [2.75, 3.05) is 29.0 Å². The second-order valence-corrected chi connectivity index (χ2v) is 19.2. The molecule has 0 saturated heterocycles. The summed E-state index contributed by atoms with van der Waals surface area (Å²) in [5, 5.41) is 45.7. The molecule has 342 valence electrons. The van der Waals surface area contributed by atoms with Crippen LogP contribution in [0.2, 0.25) is 0 Å². The van der Waals surface area contributed by atoms with Gasteiger partial charge in [-0.2, -0.15) is 5.10 Å². The largest absolute Gasteiger partial charge is 0.389 e. The number of fused-ring (bicyclic) bond motifs is 2. The Hall–Kier alpha value is -6.62. The summed E-state index contributed by atoms with van der Waals surface area (Å²) in [6.45, 7) is 15.4. The van der Waals surface area contributed by atoms with Gasteiger partial charge in [0, 0.05) is 59.2 Å². The lowest BCUT2D eigenvalue weighted by Crippen LogP contribution is -2.29. The number of halogens is 1. The predicted octanol–water partition coefficient (Wildman–Crippen LogP) is 8.71. The molecule has 66 heavy (non-hydrogen) atoms. The standard InChI is InChI=1S/C29H32N6O2.C21H24BrN5O2/c1-5-19-7-6-8-22(14-19)32-26-15-24(31-17-29(3,4)37)27-30-16-25(35(27)34-26)20-9-12-23(18(2)13-20)28(36)33-21-10-11-21;1-12-8-13(4-7-15(12)20(28)25-14-5-6-14)17-10-23-19-16(24-11-21(2,3)29)9-18(22)26-27(17)19/h5-9,12-16,21,31,37H,1,10-11,17H2,2-4H3,(H,32,34)(H,33,36);4,7-10,14,24,29H,5-6,11H2,1-3H3,(H,25,28). The first-order valence-corrected chi connectivity index (χ1v) is 22.9. The first-order chi connectivity index (χ1) is 31.4. The third-order valence-corrected chi connectivity index (χ3v) is 11.5. The van der Waals surface area contributed by atoms with Gasteiger partial charge in [-0.05, 0) is 142 Å². The van der Waals surface area contributed by atoms with Crippen molar-refractivity contribution in [2.45, 2.75) is 90.5 Å². The zero-order chi connectivity index (χ0) is 46.9. The lowest BCUT2D eigenvalue weighted by atomic mass is 10.0. The minimum absolute atomic E-state index is 0.0198. The summed E-state index contributed by atoms with van der Waals surface area (Å²) in [4.78, 5) is 34.2. The van der Waals surface area contributed by atoms with E-state index >= 15 is 0 Å². The molecule has 0 unspecified atom stereocenters. The molecular formula is C50H56BrN11O4. The first-order valence-electron chi connectivity index (χ1n) is 22.1. The second-order valence-electron chi connectivity index (χ2n) is 18.4. The molecule has 2 amide bonds. The maximum Gasteiger partial charge on any atom is 0.251 e. The number of carbonyl (C=O) groups is 2. The molecule has 0 atom stereocenters. The van der Waals surface area contributed by atoms with Gasteiger partial charge in [0.2, 0.25) is 0 Å². The second kappa shape index (κ2) is 18.7. The highest BCUT2D eigenvalue weighted by Crippen LogP contribution is 2.31. The minimum Gasteiger partial charge on any atom is -0.389 e. The minimum atomic E-state index is -0.907. The molecule has 0 spiro atoms. The summed E-state index contributed by atoms with van der Waals surface area (Å²) in [6.07, 6.45) is 9.57. The number of anilines is 4. The summed E-state index contributed by atoms with van der Waals surface area (Å²) in [6, 6.07) is 23.8. The van der Waals surface area contributed by atoms with Crippen molar-refractivity contribution >= 4 is 68.0 Å². The molecule has 4 aromatic heterocycles. The molecule has 16 heteroatoms. The molecule has 9 rings (SSSR count). The molecule has 0 aliphatic heterocycles. The summed E-state index contributed by atoms with van der Waals surface area (Å²) in [5.74, 6) is 0.561. The van der Waals surface area contributed by atoms with Crippen LogP contribution in [0.25, 0.3) is 39.9 Å². The highest BCUT2D eigenvalue weighted by Gasteiger charge is 2.26. The molecule has 2 saturated carbocycles. The van der Waals surface area contributed by atoms with Gasteiger partial charge in [-0.15, -0.1) is 5.10 Å². The normalized spacial score (nSPS) is 13.8. The van der Waals surface area contributed by atoms with Gasteiger partial charge in [-0.1, -0.05) is 36.9 Å². The van der Waals surface area contributed by atoms with Crippen LogP contribution in [0.5, 0.6) is 0 Å². The van der Waals surface area contributed by atoms with E-state index in [0.29, 0.717) is 58.0 Å². The van der Waals surface area contributed by atoms with Gasteiger partial charge in [0.25, 0.3) is 11.8 Å². The zero-order valence-electron chi connectivity index (χ0n) is 38.0. The van der Waals surface area contributed by atoms with E-state index in [-0.39, 0.29) is 11.8 Å². The predicted molar refractivity (Wildman–Crippen MR) is 264 cm³/mol. The fraction of sp³-hybridized carbons (Fsp3) is 0.320. The average Bonchev–Trinajstić information content (AvgIpc) is 4.18. The van der Waals surface area contributed by atoms with Crippen molar-refractivity contribution < 1.29 is 19.8 Å². The van der Waals surface area contributed by atoms with Crippen LogP contribution in [0, 0.1) is 13.8 Å². The van der Waals surface area contributed by atoms with Crippen LogP contribution in [-0.2, 0) is 0 Å². The van der Waals surface area contributed by atoms with E-state index in [1.54, 1.807) is 55.2 Å². The van der Waals surface area contributed by atoms with Crippen molar-refractivity contribution in [2.24, 2.45) is 0 Å². The molecule has 0 bridgehead atoms. The molecule has 15 nitrogen and oxygen atoms in total. The molecule has 2 aliphatic carbocycles. The third kappa shape index (κ3) is 11.2. The van der Waals surface area contributed by atoms with Gasteiger partial charge in [0.15, 0.2) is 17.1 Å². The van der Waals surface area contributed by atoms with Crippen LogP contribution < -0.4 is 26.6 Å². The zero-order valence-corrected chi connectivity index (χ0v) is 39.6.